The zero-order valence-electron chi connectivity index (χ0n) is 10.6. The first-order chi connectivity index (χ1) is 9.40. The number of anilines is 1. The van der Waals surface area contributed by atoms with Gasteiger partial charge in [0.15, 0.2) is 5.13 Å². The molecule has 0 saturated carbocycles. The van der Waals surface area contributed by atoms with Crippen molar-refractivity contribution in [2.75, 3.05) is 5.32 Å². The van der Waals surface area contributed by atoms with Crippen LogP contribution < -0.4 is 5.32 Å². The van der Waals surface area contributed by atoms with Gasteiger partial charge in [-0.3, -0.25) is 20.2 Å². The Kier molecular flexibility index (Phi) is 4.01. The van der Waals surface area contributed by atoms with Crippen LogP contribution in [0, 0.1) is 24.0 Å². The van der Waals surface area contributed by atoms with Crippen molar-refractivity contribution in [3.8, 4) is 0 Å². The van der Waals surface area contributed by atoms with Crippen molar-refractivity contribution in [3.05, 3.63) is 49.5 Å². The monoisotopic (exact) mass is 311 g/mol. The fraction of sp³-hybridized carbons (Fsp3) is 0.167. The second kappa shape index (κ2) is 5.56. The zero-order valence-corrected chi connectivity index (χ0v) is 12.2. The summed E-state index contributed by atoms with van der Waals surface area (Å²) in [5.41, 5.74) is 0.315. The number of thiazole rings is 1. The Labute approximate surface area is 123 Å². The number of para-hydroxylation sites is 1. The molecule has 0 spiro atoms. The number of hydrogen-bond acceptors (Lipinski definition) is 5. The lowest BCUT2D eigenvalue weighted by Gasteiger charge is -2.04. The molecule has 1 amide bonds. The lowest BCUT2D eigenvalue weighted by atomic mass is 10.1. The minimum Gasteiger partial charge on any atom is -0.298 e. The van der Waals surface area contributed by atoms with Crippen LogP contribution in [0.1, 0.15) is 20.9 Å². The van der Waals surface area contributed by atoms with Gasteiger partial charge in [0, 0.05) is 4.88 Å². The highest BCUT2D eigenvalue weighted by Gasteiger charge is 2.24. The van der Waals surface area contributed by atoms with Crippen LogP contribution in [-0.2, 0) is 0 Å². The fourth-order valence-corrected chi connectivity index (χ4v) is 2.63. The van der Waals surface area contributed by atoms with Crippen LogP contribution in [0.15, 0.2) is 18.2 Å². The minimum absolute atomic E-state index is 0.0749. The van der Waals surface area contributed by atoms with E-state index in [4.69, 9.17) is 11.6 Å². The number of carbonyl (C=O) groups excluding carboxylic acids is 1. The van der Waals surface area contributed by atoms with Gasteiger partial charge in [0.05, 0.1) is 10.6 Å². The van der Waals surface area contributed by atoms with E-state index in [0.717, 1.165) is 10.6 Å². The summed E-state index contributed by atoms with van der Waals surface area (Å²) >= 11 is 7.08. The zero-order chi connectivity index (χ0) is 14.9. The van der Waals surface area contributed by atoms with E-state index in [-0.39, 0.29) is 10.6 Å². The number of benzene rings is 1. The Hall–Kier alpha value is -1.99. The van der Waals surface area contributed by atoms with Gasteiger partial charge in [-0.15, -0.1) is 11.3 Å². The second-order valence-electron chi connectivity index (χ2n) is 4.01. The van der Waals surface area contributed by atoms with Crippen LogP contribution in [0.4, 0.5) is 10.8 Å². The molecule has 8 heteroatoms. The van der Waals surface area contributed by atoms with Crippen LogP contribution in [0.5, 0.6) is 0 Å². The van der Waals surface area contributed by atoms with E-state index < -0.39 is 16.5 Å². The summed E-state index contributed by atoms with van der Waals surface area (Å²) in [4.78, 5) is 27.5. The van der Waals surface area contributed by atoms with Crippen molar-refractivity contribution in [1.82, 2.24) is 4.98 Å². The molecule has 0 atom stereocenters. The normalized spacial score (nSPS) is 10.3. The average Bonchev–Trinajstić information content (AvgIpc) is 2.67. The highest BCUT2D eigenvalue weighted by atomic mass is 35.5. The van der Waals surface area contributed by atoms with E-state index in [1.165, 1.54) is 29.5 Å². The predicted octanol–water partition coefficient (Wildman–Crippen LogP) is 3.57. The quantitative estimate of drug-likeness (QED) is 0.693. The Bertz CT molecular complexity index is 680. The van der Waals surface area contributed by atoms with E-state index in [1.54, 1.807) is 0 Å². The van der Waals surface area contributed by atoms with Gasteiger partial charge in [-0.25, -0.2) is 4.98 Å². The highest BCUT2D eigenvalue weighted by molar-refractivity contribution is 7.15. The number of nitrogens with zero attached hydrogens (tertiary/aromatic N) is 2. The van der Waals surface area contributed by atoms with Gasteiger partial charge >= 0.3 is 5.69 Å². The molecule has 0 bridgehead atoms. The molecule has 0 saturated heterocycles. The van der Waals surface area contributed by atoms with E-state index >= 15 is 0 Å². The van der Waals surface area contributed by atoms with Crippen LogP contribution in [0.2, 0.25) is 5.02 Å². The number of aromatic nitrogens is 1. The highest BCUT2D eigenvalue weighted by Crippen LogP contribution is 2.29. The maximum atomic E-state index is 12.1. The van der Waals surface area contributed by atoms with Crippen molar-refractivity contribution >= 4 is 39.7 Å². The molecule has 2 rings (SSSR count). The number of nitro groups is 1. The molecule has 0 aliphatic carbocycles. The maximum absolute atomic E-state index is 12.1. The summed E-state index contributed by atoms with van der Waals surface area (Å²) in [6.45, 7) is 3.70. The fourth-order valence-electron chi connectivity index (χ4n) is 1.57. The number of nitro benzene ring substituents is 1. The summed E-state index contributed by atoms with van der Waals surface area (Å²) in [6, 6.07) is 4.21. The topological polar surface area (TPSA) is 85.1 Å². The van der Waals surface area contributed by atoms with Gasteiger partial charge in [0.2, 0.25) is 0 Å². The second-order valence-corrected chi connectivity index (χ2v) is 5.62. The first-order valence-electron chi connectivity index (χ1n) is 5.58. The first-order valence-corrected chi connectivity index (χ1v) is 6.78. The summed E-state index contributed by atoms with van der Waals surface area (Å²) < 4.78 is 0. The molecule has 2 aromatic rings. The summed E-state index contributed by atoms with van der Waals surface area (Å²) in [5, 5.41) is 13.9. The van der Waals surface area contributed by atoms with E-state index in [2.05, 4.69) is 10.3 Å². The van der Waals surface area contributed by atoms with Crippen molar-refractivity contribution in [1.29, 1.82) is 0 Å². The summed E-state index contributed by atoms with van der Waals surface area (Å²) in [6.07, 6.45) is 0. The lowest BCUT2D eigenvalue weighted by Crippen LogP contribution is -2.14. The summed E-state index contributed by atoms with van der Waals surface area (Å²) in [7, 11) is 0. The number of nitrogens with one attached hydrogen (secondary N) is 1. The number of halogens is 1. The third-order valence-corrected chi connectivity index (χ3v) is 3.96. The van der Waals surface area contributed by atoms with Gasteiger partial charge in [-0.2, -0.15) is 0 Å². The minimum atomic E-state index is -0.671. The van der Waals surface area contributed by atoms with Crippen molar-refractivity contribution in [3.63, 3.8) is 0 Å². The van der Waals surface area contributed by atoms with E-state index in [9.17, 15) is 14.9 Å². The SMILES string of the molecule is Cc1nc(NC(=O)c2cccc(Cl)c2[N+](=O)[O-])sc1C. The van der Waals surface area contributed by atoms with Crippen LogP contribution >= 0.6 is 22.9 Å². The van der Waals surface area contributed by atoms with Crippen molar-refractivity contribution in [2.45, 2.75) is 13.8 Å². The molecule has 0 fully saturated rings. The lowest BCUT2D eigenvalue weighted by molar-refractivity contribution is -0.385. The molecule has 1 aromatic carbocycles. The van der Waals surface area contributed by atoms with E-state index in [1.807, 2.05) is 13.8 Å². The molecule has 0 aliphatic heterocycles. The van der Waals surface area contributed by atoms with Gasteiger partial charge in [-0.05, 0) is 26.0 Å². The average molecular weight is 312 g/mol. The number of hydrogen-bond donors (Lipinski definition) is 1. The van der Waals surface area contributed by atoms with Crippen molar-refractivity contribution in [2.24, 2.45) is 0 Å². The number of aryl methyl sites for hydroxylation is 2. The van der Waals surface area contributed by atoms with Crippen molar-refractivity contribution < 1.29 is 9.72 Å². The third-order valence-electron chi connectivity index (χ3n) is 2.66. The predicted molar refractivity (Wildman–Crippen MR) is 77.6 cm³/mol. The van der Waals surface area contributed by atoms with Crippen LogP contribution in [0.25, 0.3) is 0 Å². The molecule has 1 heterocycles. The largest absolute Gasteiger partial charge is 0.300 e. The van der Waals surface area contributed by atoms with E-state index in [0.29, 0.717) is 5.13 Å². The molecular weight excluding hydrogens is 302 g/mol. The standard InChI is InChI=1S/C12H10ClN3O3S/c1-6-7(2)20-12(14-6)15-11(17)8-4-3-5-9(13)10(8)16(18)19/h3-5H,1-2H3,(H,14,15,17). The Morgan fingerprint density at radius 1 is 1.45 bits per heavy atom. The van der Waals surface area contributed by atoms with Gasteiger partial charge in [0.1, 0.15) is 10.6 Å². The Morgan fingerprint density at radius 3 is 2.70 bits per heavy atom. The molecule has 20 heavy (non-hydrogen) atoms. The molecular formula is C12H10ClN3O3S. The maximum Gasteiger partial charge on any atom is 0.300 e. The third kappa shape index (κ3) is 2.78. The number of carbonyl (C=O) groups is 1. The molecule has 0 unspecified atom stereocenters. The smallest absolute Gasteiger partial charge is 0.298 e. The van der Waals surface area contributed by atoms with Crippen LogP contribution in [0.3, 0.4) is 0 Å². The van der Waals surface area contributed by atoms with Gasteiger partial charge in [0.25, 0.3) is 5.91 Å². The molecule has 1 aromatic heterocycles. The first kappa shape index (κ1) is 14.4. The number of rotatable bonds is 3. The van der Waals surface area contributed by atoms with Crippen LogP contribution in [-0.4, -0.2) is 15.8 Å². The molecule has 1 N–H and O–H groups in total. The Balaban J connectivity index is 2.34. The van der Waals surface area contributed by atoms with Gasteiger partial charge < -0.3 is 0 Å². The number of amides is 1. The summed E-state index contributed by atoms with van der Waals surface area (Å²) in [5.74, 6) is -0.604. The molecule has 104 valence electrons. The molecule has 0 radical (unpaired) electrons. The Morgan fingerprint density at radius 2 is 2.15 bits per heavy atom. The van der Waals surface area contributed by atoms with Gasteiger partial charge in [-0.1, -0.05) is 17.7 Å². The molecule has 6 nitrogen and oxygen atoms in total. The molecule has 0 aliphatic rings.